The van der Waals surface area contributed by atoms with Crippen LogP contribution in [-0.4, -0.2) is 39.4 Å². The van der Waals surface area contributed by atoms with Gasteiger partial charge in [-0.1, -0.05) is 19.4 Å². The molecule has 0 aromatic heterocycles. The Bertz CT molecular complexity index is 689. The maximum atomic E-state index is 12.1. The zero-order chi connectivity index (χ0) is 19.3. The van der Waals surface area contributed by atoms with Gasteiger partial charge >= 0.3 is 0 Å². The largest absolute Gasteiger partial charge is 0.494 e. The third-order valence-electron chi connectivity index (χ3n) is 3.75. The summed E-state index contributed by atoms with van der Waals surface area (Å²) in [4.78, 5) is 12.1. The fourth-order valence-electron chi connectivity index (χ4n) is 2.30. The third kappa shape index (κ3) is 8.00. The van der Waals surface area contributed by atoms with Gasteiger partial charge in [0.1, 0.15) is 18.1 Å². The quantitative estimate of drug-likeness (QED) is 0.552. The third-order valence-corrected chi connectivity index (χ3v) is 3.75. The maximum Gasteiger partial charge on any atom is 0.243 e. The molecule has 6 nitrogen and oxygen atoms in total. The first kappa shape index (κ1) is 20.6. The number of nitrogens with one attached hydrogen (secondary N) is 2. The Morgan fingerprint density at radius 1 is 0.926 bits per heavy atom. The predicted octanol–water partition coefficient (Wildman–Crippen LogP) is 3.94. The standard InChI is InChI=1S/C21H28N2O4/c1-3-4-12-26-19-10-8-17(9-11-19)23-21(24)16-22-18-6-5-7-20(15-18)27-14-13-25-2/h5-11,15,22H,3-4,12-14,16H2,1-2H3,(H,23,24). The molecule has 0 aliphatic carbocycles. The van der Waals surface area contributed by atoms with Crippen LogP contribution in [0, 0.1) is 0 Å². The summed E-state index contributed by atoms with van der Waals surface area (Å²) in [5.74, 6) is 1.42. The molecule has 2 aromatic carbocycles. The van der Waals surface area contributed by atoms with Gasteiger partial charge in [-0.2, -0.15) is 0 Å². The molecule has 0 saturated carbocycles. The molecule has 146 valence electrons. The molecule has 0 unspecified atom stereocenters. The highest BCUT2D eigenvalue weighted by molar-refractivity contribution is 5.93. The molecule has 27 heavy (non-hydrogen) atoms. The van der Waals surface area contributed by atoms with Crippen LogP contribution in [0.3, 0.4) is 0 Å². The minimum Gasteiger partial charge on any atom is -0.494 e. The zero-order valence-corrected chi connectivity index (χ0v) is 16.0. The molecule has 0 radical (unpaired) electrons. The second kappa shape index (κ2) is 11.8. The van der Waals surface area contributed by atoms with Crippen molar-refractivity contribution in [2.24, 2.45) is 0 Å². The van der Waals surface area contributed by atoms with Crippen LogP contribution >= 0.6 is 0 Å². The fourth-order valence-corrected chi connectivity index (χ4v) is 2.30. The Balaban J connectivity index is 1.76. The molecule has 0 heterocycles. The molecular weight excluding hydrogens is 344 g/mol. The van der Waals surface area contributed by atoms with E-state index in [0.29, 0.717) is 19.8 Å². The first-order chi connectivity index (χ1) is 13.2. The lowest BCUT2D eigenvalue weighted by Crippen LogP contribution is -2.21. The van der Waals surface area contributed by atoms with Gasteiger partial charge in [-0.15, -0.1) is 0 Å². The summed E-state index contributed by atoms with van der Waals surface area (Å²) >= 11 is 0. The van der Waals surface area contributed by atoms with Crippen molar-refractivity contribution in [2.45, 2.75) is 19.8 Å². The normalized spacial score (nSPS) is 10.3. The van der Waals surface area contributed by atoms with Gasteiger partial charge in [0.25, 0.3) is 0 Å². The molecule has 0 atom stereocenters. The average molecular weight is 372 g/mol. The molecule has 2 rings (SSSR count). The Morgan fingerprint density at radius 3 is 2.44 bits per heavy atom. The minimum atomic E-state index is -0.125. The molecule has 1 amide bonds. The summed E-state index contributed by atoms with van der Waals surface area (Å²) < 4.78 is 16.1. The number of carbonyl (C=O) groups excluding carboxylic acids is 1. The summed E-state index contributed by atoms with van der Waals surface area (Å²) in [5.41, 5.74) is 1.56. The van der Waals surface area contributed by atoms with Gasteiger partial charge in [0.15, 0.2) is 0 Å². The van der Waals surface area contributed by atoms with Gasteiger partial charge in [-0.3, -0.25) is 4.79 Å². The number of amides is 1. The van der Waals surface area contributed by atoms with Crippen molar-refractivity contribution >= 4 is 17.3 Å². The van der Waals surface area contributed by atoms with E-state index in [4.69, 9.17) is 14.2 Å². The van der Waals surface area contributed by atoms with Crippen LogP contribution in [-0.2, 0) is 9.53 Å². The van der Waals surface area contributed by atoms with Gasteiger partial charge in [0, 0.05) is 24.6 Å². The number of methoxy groups -OCH3 is 1. The van der Waals surface area contributed by atoms with Crippen molar-refractivity contribution in [3.05, 3.63) is 48.5 Å². The smallest absolute Gasteiger partial charge is 0.243 e. The van der Waals surface area contributed by atoms with Gasteiger partial charge in [0.2, 0.25) is 5.91 Å². The second-order valence-electron chi connectivity index (χ2n) is 6.00. The number of rotatable bonds is 12. The SMILES string of the molecule is CCCCOc1ccc(NC(=O)CNc2cccc(OCCOC)c2)cc1. The number of benzene rings is 2. The summed E-state index contributed by atoms with van der Waals surface area (Å²) in [6.07, 6.45) is 2.13. The number of carbonyl (C=O) groups is 1. The zero-order valence-electron chi connectivity index (χ0n) is 16.0. The highest BCUT2D eigenvalue weighted by atomic mass is 16.5. The average Bonchev–Trinajstić information content (AvgIpc) is 2.69. The molecule has 2 N–H and O–H groups in total. The monoisotopic (exact) mass is 372 g/mol. The second-order valence-corrected chi connectivity index (χ2v) is 6.00. The molecule has 0 bridgehead atoms. The molecule has 2 aromatic rings. The van der Waals surface area contributed by atoms with Crippen LogP contribution in [0.15, 0.2) is 48.5 Å². The fraction of sp³-hybridized carbons (Fsp3) is 0.381. The van der Waals surface area contributed by atoms with Crippen LogP contribution in [0.5, 0.6) is 11.5 Å². The van der Waals surface area contributed by atoms with E-state index < -0.39 is 0 Å². The highest BCUT2D eigenvalue weighted by Crippen LogP contribution is 2.18. The van der Waals surface area contributed by atoms with E-state index in [1.54, 1.807) is 7.11 Å². The summed E-state index contributed by atoms with van der Waals surface area (Å²) in [5, 5.41) is 5.95. The summed E-state index contributed by atoms with van der Waals surface area (Å²) in [6, 6.07) is 14.9. The highest BCUT2D eigenvalue weighted by Gasteiger charge is 2.04. The topological polar surface area (TPSA) is 68.8 Å². The van der Waals surface area contributed by atoms with Crippen LogP contribution in [0.1, 0.15) is 19.8 Å². The predicted molar refractivity (Wildman–Crippen MR) is 108 cm³/mol. The van der Waals surface area contributed by atoms with Gasteiger partial charge in [-0.05, 0) is 42.8 Å². The van der Waals surface area contributed by atoms with E-state index in [0.717, 1.165) is 35.7 Å². The number of hydrogen-bond donors (Lipinski definition) is 2. The maximum absolute atomic E-state index is 12.1. The lowest BCUT2D eigenvalue weighted by molar-refractivity contribution is -0.114. The molecule has 0 spiro atoms. The molecule has 0 aliphatic heterocycles. The first-order valence-corrected chi connectivity index (χ1v) is 9.19. The van der Waals surface area contributed by atoms with E-state index in [-0.39, 0.29) is 12.5 Å². The van der Waals surface area contributed by atoms with Gasteiger partial charge in [0.05, 0.1) is 19.8 Å². The molecular formula is C21H28N2O4. The Labute approximate surface area is 160 Å². The van der Waals surface area contributed by atoms with Crippen molar-refractivity contribution in [1.29, 1.82) is 0 Å². The van der Waals surface area contributed by atoms with Crippen molar-refractivity contribution < 1.29 is 19.0 Å². The minimum absolute atomic E-state index is 0.125. The van der Waals surface area contributed by atoms with Crippen molar-refractivity contribution in [3.63, 3.8) is 0 Å². The van der Waals surface area contributed by atoms with Crippen molar-refractivity contribution in [1.82, 2.24) is 0 Å². The van der Waals surface area contributed by atoms with Crippen LogP contribution < -0.4 is 20.1 Å². The van der Waals surface area contributed by atoms with Crippen LogP contribution in [0.4, 0.5) is 11.4 Å². The Hall–Kier alpha value is -2.73. The molecule has 0 fully saturated rings. The van der Waals surface area contributed by atoms with Crippen LogP contribution in [0.2, 0.25) is 0 Å². The first-order valence-electron chi connectivity index (χ1n) is 9.19. The Morgan fingerprint density at radius 2 is 1.70 bits per heavy atom. The number of hydrogen-bond acceptors (Lipinski definition) is 5. The Kier molecular flexibility index (Phi) is 9.00. The molecule has 6 heteroatoms. The van der Waals surface area contributed by atoms with E-state index >= 15 is 0 Å². The van der Waals surface area contributed by atoms with Gasteiger partial charge in [-0.25, -0.2) is 0 Å². The molecule has 0 saturated heterocycles. The van der Waals surface area contributed by atoms with E-state index in [1.807, 2.05) is 48.5 Å². The van der Waals surface area contributed by atoms with Crippen molar-refractivity contribution in [2.75, 3.05) is 44.1 Å². The van der Waals surface area contributed by atoms with Crippen molar-refractivity contribution in [3.8, 4) is 11.5 Å². The lowest BCUT2D eigenvalue weighted by atomic mass is 10.3. The van der Waals surface area contributed by atoms with E-state index in [9.17, 15) is 4.79 Å². The van der Waals surface area contributed by atoms with Crippen LogP contribution in [0.25, 0.3) is 0 Å². The lowest BCUT2D eigenvalue weighted by Gasteiger charge is -2.11. The number of anilines is 2. The number of ether oxygens (including phenoxy) is 3. The summed E-state index contributed by atoms with van der Waals surface area (Å²) in [6.45, 7) is 4.01. The summed E-state index contributed by atoms with van der Waals surface area (Å²) in [7, 11) is 1.63. The van der Waals surface area contributed by atoms with Gasteiger partial charge < -0.3 is 24.8 Å². The molecule has 0 aliphatic rings. The van der Waals surface area contributed by atoms with E-state index in [2.05, 4.69) is 17.6 Å². The number of unbranched alkanes of at least 4 members (excludes halogenated alkanes) is 1. The van der Waals surface area contributed by atoms with E-state index in [1.165, 1.54) is 0 Å².